The van der Waals surface area contributed by atoms with E-state index in [1.54, 1.807) is 28.3 Å². The topological polar surface area (TPSA) is 247 Å². The average molecular weight is 1210 g/mol. The monoisotopic (exact) mass is 1210 g/mol. The van der Waals surface area contributed by atoms with Crippen molar-refractivity contribution in [3.05, 3.63) is 119 Å². The van der Waals surface area contributed by atoms with E-state index in [-0.39, 0.29) is 62.6 Å². The number of carbonyl (C=O) groups is 4. The van der Waals surface area contributed by atoms with E-state index in [0.29, 0.717) is 99.8 Å². The number of halogens is 3. The summed E-state index contributed by atoms with van der Waals surface area (Å²) in [4.78, 5) is 72.1. The predicted octanol–water partition coefficient (Wildman–Crippen LogP) is 8.14. The van der Waals surface area contributed by atoms with Gasteiger partial charge in [0.15, 0.2) is 0 Å². The fourth-order valence-corrected chi connectivity index (χ4v) is 10.8. The van der Waals surface area contributed by atoms with Crippen LogP contribution in [0.2, 0.25) is 0 Å². The highest BCUT2D eigenvalue weighted by Crippen LogP contribution is 2.35. The van der Waals surface area contributed by atoms with Crippen LogP contribution in [-0.4, -0.2) is 154 Å². The summed E-state index contributed by atoms with van der Waals surface area (Å²) in [6.45, 7) is 16.2. The van der Waals surface area contributed by atoms with Gasteiger partial charge in [0.05, 0.1) is 105 Å². The Kier molecular flexibility index (Phi) is 22.7. The summed E-state index contributed by atoms with van der Waals surface area (Å²) >= 11 is 1.57. The van der Waals surface area contributed by atoms with E-state index in [1.165, 1.54) is 23.2 Å². The number of amides is 4. The molecule has 4 N–H and O–H groups in total. The minimum absolute atomic E-state index is 0.00849. The smallest absolute Gasteiger partial charge is 0.416 e. The number of nitrogens with one attached hydrogen (secondary N) is 3. The number of β-amino-alcohol motifs (C(OH)–C–C–N with tert-alkyl or cyclic N) is 1. The SMILES string of the molecule is Cc1ncc(NC(=O)c2cccc(C(F)(F)F)c2)cc1-c1cnc(OCCOCCOCCOCc2cn(CCCCCC(=O)NC(C(=O)N3C[C@@H](O)C[C@@H]3C(=O)NC(C)c3ccc(-c4scnc4C)cc3)C(C)(C)C)nn2)c(N2CCOCC2)c1. The maximum Gasteiger partial charge on any atom is 0.416 e. The number of aryl methyl sites for hydroxylation is 3. The van der Waals surface area contributed by atoms with E-state index in [0.717, 1.165) is 52.4 Å². The van der Waals surface area contributed by atoms with E-state index >= 15 is 0 Å². The molecule has 4 amide bonds. The number of benzene rings is 2. The zero-order valence-electron chi connectivity index (χ0n) is 49.4. The highest BCUT2D eigenvalue weighted by atomic mass is 32.1. The van der Waals surface area contributed by atoms with Crippen molar-refractivity contribution < 1.29 is 61.1 Å². The molecule has 2 aliphatic rings. The number of aliphatic hydroxyl groups is 1. The lowest BCUT2D eigenvalue weighted by molar-refractivity contribution is -0.144. The van der Waals surface area contributed by atoms with Gasteiger partial charge in [0.25, 0.3) is 5.91 Å². The van der Waals surface area contributed by atoms with Crippen LogP contribution < -0.4 is 25.6 Å². The van der Waals surface area contributed by atoms with Crippen molar-refractivity contribution in [3.63, 3.8) is 0 Å². The van der Waals surface area contributed by atoms with Crippen molar-refractivity contribution in [1.82, 2.24) is 45.5 Å². The summed E-state index contributed by atoms with van der Waals surface area (Å²) in [5, 5.41) is 27.7. The van der Waals surface area contributed by atoms with Gasteiger partial charge in [-0.25, -0.2) is 9.97 Å². The molecule has 25 heteroatoms. The highest BCUT2D eigenvalue weighted by Gasteiger charge is 2.45. The fraction of sp³-hybridized carbons (Fsp3) is 0.492. The predicted molar refractivity (Wildman–Crippen MR) is 316 cm³/mol. The van der Waals surface area contributed by atoms with Gasteiger partial charge in [-0.1, -0.05) is 62.7 Å². The number of unbranched alkanes of at least 4 members (excludes halogenated alkanes) is 2. The zero-order chi connectivity index (χ0) is 61.4. The number of aliphatic hydroxyl groups excluding tert-OH is 1. The molecule has 2 aromatic carbocycles. The summed E-state index contributed by atoms with van der Waals surface area (Å²) in [6.07, 6.45) is 1.82. The number of ether oxygens (including phenoxy) is 5. The Morgan fingerprint density at radius 2 is 1.57 bits per heavy atom. The Labute approximate surface area is 502 Å². The van der Waals surface area contributed by atoms with Crippen LogP contribution in [0.15, 0.2) is 84.8 Å². The van der Waals surface area contributed by atoms with Gasteiger partial charge in [-0.05, 0) is 80.5 Å². The van der Waals surface area contributed by atoms with Gasteiger partial charge >= 0.3 is 6.18 Å². The van der Waals surface area contributed by atoms with E-state index in [1.807, 2.05) is 83.6 Å². The number of nitrogens with zero attached hydrogens (tertiary/aromatic N) is 8. The minimum Gasteiger partial charge on any atom is -0.474 e. The number of anilines is 2. The number of rotatable bonds is 28. The molecule has 6 aromatic rings. The average Bonchev–Trinajstić information content (AvgIpc) is 2.50. The third-order valence-electron chi connectivity index (χ3n) is 14.7. The number of hydrogen-bond donors (Lipinski definition) is 4. The van der Waals surface area contributed by atoms with Gasteiger partial charge in [0.2, 0.25) is 23.6 Å². The molecule has 0 saturated carbocycles. The third-order valence-corrected chi connectivity index (χ3v) is 15.7. The Morgan fingerprint density at radius 3 is 2.28 bits per heavy atom. The molecule has 2 unspecified atom stereocenters. The normalized spacial score (nSPS) is 16.2. The lowest BCUT2D eigenvalue weighted by Crippen LogP contribution is -2.57. The lowest BCUT2D eigenvalue weighted by Gasteiger charge is -2.35. The maximum absolute atomic E-state index is 14.1. The van der Waals surface area contributed by atoms with Crippen LogP contribution in [0.3, 0.4) is 0 Å². The molecule has 0 aliphatic carbocycles. The Morgan fingerprint density at radius 1 is 0.837 bits per heavy atom. The third kappa shape index (κ3) is 18.1. The van der Waals surface area contributed by atoms with Crippen LogP contribution in [-0.2, 0) is 52.7 Å². The van der Waals surface area contributed by atoms with Gasteiger partial charge < -0.3 is 54.5 Å². The molecule has 462 valence electrons. The number of carbonyl (C=O) groups excluding carboxylic acids is 4. The number of alkyl halides is 3. The Hall–Kier alpha value is -7.42. The molecule has 4 atom stereocenters. The van der Waals surface area contributed by atoms with Crippen molar-refractivity contribution in [3.8, 4) is 27.4 Å². The molecular weight excluding hydrogens is 1140 g/mol. The molecular formula is C61H76F3N11O10S. The van der Waals surface area contributed by atoms with Crippen LogP contribution in [0.25, 0.3) is 21.6 Å². The Bertz CT molecular complexity index is 3220. The van der Waals surface area contributed by atoms with Gasteiger partial charge in [0.1, 0.15) is 30.1 Å². The zero-order valence-corrected chi connectivity index (χ0v) is 50.2. The van der Waals surface area contributed by atoms with Crippen LogP contribution in [0.1, 0.15) is 104 Å². The summed E-state index contributed by atoms with van der Waals surface area (Å²) in [5.74, 6) is -1.34. The van der Waals surface area contributed by atoms with Crippen LogP contribution in [0.4, 0.5) is 24.5 Å². The van der Waals surface area contributed by atoms with Crippen molar-refractivity contribution in [2.24, 2.45) is 5.41 Å². The standard InChI is InChI=1S/C61H76F3N11O10S/c1-39(42-14-16-43(17-15-42)54-41(3)67-38-86-54)68-57(79)51-32-49(76)36-75(51)59(80)55(60(4,5)6)70-53(77)13-8-7-9-18-74-35-48(71-72-74)37-84-26-25-82-23-24-83-27-28-85-58-52(73-19-21-81-22-20-73)30-45(33-66-58)50-31-47(34-65-40(50)2)69-56(78)44-11-10-12-46(29-44)61(62,63)64/h10-12,14-17,29-31,33-35,38-39,49,51,55,76H,7-9,13,18-28,32,36-37H2,1-6H3,(H,68,79)(H,69,78)(H,70,77)/t39?,49-,51+,55?/m0/s1. The quantitative estimate of drug-likeness (QED) is 0.0339. The van der Waals surface area contributed by atoms with Crippen molar-refractivity contribution in [1.29, 1.82) is 0 Å². The molecule has 0 spiro atoms. The number of thiazole rings is 1. The first-order valence-electron chi connectivity index (χ1n) is 28.8. The molecule has 2 aliphatic heterocycles. The highest BCUT2D eigenvalue weighted by molar-refractivity contribution is 7.13. The number of likely N-dealkylation sites (tertiary alicyclic amines) is 1. The molecule has 86 heavy (non-hydrogen) atoms. The molecule has 0 bridgehead atoms. The van der Waals surface area contributed by atoms with Crippen molar-refractivity contribution in [2.45, 2.75) is 117 Å². The molecule has 2 saturated heterocycles. The van der Waals surface area contributed by atoms with Gasteiger partial charge in [-0.3, -0.25) is 28.8 Å². The van der Waals surface area contributed by atoms with Crippen molar-refractivity contribution >= 4 is 46.3 Å². The largest absolute Gasteiger partial charge is 0.474 e. The molecule has 2 fully saturated rings. The first kappa shape index (κ1) is 64.6. The summed E-state index contributed by atoms with van der Waals surface area (Å²) in [6, 6.07) is 13.6. The van der Waals surface area contributed by atoms with Crippen LogP contribution in [0, 0.1) is 19.3 Å². The second kappa shape index (κ2) is 30.3. The van der Waals surface area contributed by atoms with Crippen LogP contribution >= 0.6 is 11.3 Å². The van der Waals surface area contributed by atoms with E-state index in [9.17, 15) is 37.5 Å². The van der Waals surface area contributed by atoms with Gasteiger partial charge in [-0.15, -0.1) is 16.4 Å². The second-order valence-corrected chi connectivity index (χ2v) is 23.2. The van der Waals surface area contributed by atoms with Crippen LogP contribution in [0.5, 0.6) is 5.88 Å². The Balaban J connectivity index is 0.690. The molecule has 21 nitrogen and oxygen atoms in total. The first-order chi connectivity index (χ1) is 41.2. The van der Waals surface area contributed by atoms with Gasteiger partial charge in [0, 0.05) is 67.6 Å². The first-order valence-corrected chi connectivity index (χ1v) is 29.7. The van der Waals surface area contributed by atoms with Crippen molar-refractivity contribution in [2.75, 3.05) is 82.7 Å². The minimum atomic E-state index is -4.59. The summed E-state index contributed by atoms with van der Waals surface area (Å²) in [5.41, 5.74) is 6.71. The number of pyridine rings is 2. The molecule has 4 aromatic heterocycles. The maximum atomic E-state index is 14.1. The molecule has 6 heterocycles. The number of aromatic nitrogens is 6. The summed E-state index contributed by atoms with van der Waals surface area (Å²) in [7, 11) is 0. The number of morpholine rings is 1. The summed E-state index contributed by atoms with van der Waals surface area (Å²) < 4.78 is 70.5. The molecule has 0 radical (unpaired) electrons. The van der Waals surface area contributed by atoms with Gasteiger partial charge in [-0.2, -0.15) is 13.2 Å². The van der Waals surface area contributed by atoms with E-state index in [4.69, 9.17) is 23.7 Å². The lowest BCUT2D eigenvalue weighted by atomic mass is 9.85. The molecule has 8 rings (SSSR count). The van der Waals surface area contributed by atoms with E-state index < -0.39 is 47.2 Å². The fourth-order valence-electron chi connectivity index (χ4n) is 9.98. The van der Waals surface area contributed by atoms with E-state index in [2.05, 4.69) is 46.1 Å². The second-order valence-electron chi connectivity index (χ2n) is 22.3. The number of hydrogen-bond acceptors (Lipinski definition) is 17.